The average molecular weight is 403 g/mol. The van der Waals surface area contributed by atoms with Crippen LogP contribution in [0.25, 0.3) is 0 Å². The van der Waals surface area contributed by atoms with Crippen molar-refractivity contribution in [3.8, 4) is 0 Å². The van der Waals surface area contributed by atoms with Crippen LogP contribution in [-0.4, -0.2) is 55.5 Å². The number of ether oxygens (including phenoxy) is 1. The summed E-state index contributed by atoms with van der Waals surface area (Å²) in [5.74, 6) is -0.118. The smallest absolute Gasteiger partial charge is 0.410 e. The van der Waals surface area contributed by atoms with Gasteiger partial charge in [-0.05, 0) is 51.3 Å². The van der Waals surface area contributed by atoms with E-state index in [-0.39, 0.29) is 11.8 Å². The molecule has 1 aromatic carbocycles. The van der Waals surface area contributed by atoms with Crippen molar-refractivity contribution in [1.29, 1.82) is 0 Å². The Morgan fingerprint density at radius 2 is 2.08 bits per heavy atom. The number of carbonyl (C=O) groups is 1. The molecule has 8 heteroatoms. The zero-order chi connectivity index (χ0) is 19.5. The van der Waals surface area contributed by atoms with Gasteiger partial charge in [-0.3, -0.25) is 0 Å². The van der Waals surface area contributed by atoms with Crippen LogP contribution in [0, 0.1) is 0 Å². The third-order valence-electron chi connectivity index (χ3n) is 4.24. The lowest BCUT2D eigenvalue weighted by atomic mass is 10.1. The Balaban J connectivity index is 2.05. The quantitative estimate of drug-likeness (QED) is 0.772. The summed E-state index contributed by atoms with van der Waals surface area (Å²) < 4.78 is 32.3. The van der Waals surface area contributed by atoms with Gasteiger partial charge in [-0.2, -0.15) is 4.31 Å². The lowest BCUT2D eigenvalue weighted by Gasteiger charge is -2.37. The summed E-state index contributed by atoms with van der Waals surface area (Å²) in [6, 6.07) is 6.58. The Morgan fingerprint density at radius 1 is 1.38 bits per heavy atom. The van der Waals surface area contributed by atoms with E-state index >= 15 is 0 Å². The van der Waals surface area contributed by atoms with E-state index in [9.17, 15) is 13.2 Å². The van der Waals surface area contributed by atoms with Crippen molar-refractivity contribution >= 4 is 27.7 Å². The SMILES string of the molecule is CN([C@@H]1CCCN(C(=O)OC(C)(C)C)C1)S(=O)(=O)Cc1cccc(Cl)c1. The Labute approximate surface area is 161 Å². The summed E-state index contributed by atoms with van der Waals surface area (Å²) in [7, 11) is -1.95. The van der Waals surface area contributed by atoms with E-state index < -0.39 is 21.7 Å². The number of halogens is 1. The maximum Gasteiger partial charge on any atom is 0.410 e. The van der Waals surface area contributed by atoms with Crippen LogP contribution in [0.2, 0.25) is 5.02 Å². The van der Waals surface area contributed by atoms with Crippen LogP contribution in [0.5, 0.6) is 0 Å². The van der Waals surface area contributed by atoms with Crippen molar-refractivity contribution in [2.45, 2.75) is 51.0 Å². The van der Waals surface area contributed by atoms with Gasteiger partial charge in [-0.1, -0.05) is 23.7 Å². The highest BCUT2D eigenvalue weighted by molar-refractivity contribution is 7.88. The molecule has 1 heterocycles. The van der Waals surface area contributed by atoms with Gasteiger partial charge in [-0.25, -0.2) is 13.2 Å². The normalized spacial score (nSPS) is 18.8. The largest absolute Gasteiger partial charge is 0.444 e. The van der Waals surface area contributed by atoms with Crippen molar-refractivity contribution in [3.05, 3.63) is 34.9 Å². The number of likely N-dealkylation sites (N-methyl/N-ethyl adjacent to an activating group) is 1. The molecule has 1 aromatic rings. The number of sulfonamides is 1. The monoisotopic (exact) mass is 402 g/mol. The fourth-order valence-corrected chi connectivity index (χ4v) is 4.55. The molecule has 0 bridgehead atoms. The van der Waals surface area contributed by atoms with Gasteiger partial charge in [0.2, 0.25) is 10.0 Å². The number of hydrogen-bond donors (Lipinski definition) is 0. The molecule has 0 aromatic heterocycles. The van der Waals surface area contributed by atoms with Crippen molar-refractivity contribution in [1.82, 2.24) is 9.21 Å². The van der Waals surface area contributed by atoms with Gasteiger partial charge in [0.05, 0.1) is 5.75 Å². The first kappa shape index (κ1) is 21.0. The maximum absolute atomic E-state index is 12.8. The second kappa shape index (κ2) is 8.15. The average Bonchev–Trinajstić information content (AvgIpc) is 2.52. The lowest BCUT2D eigenvalue weighted by Crippen LogP contribution is -2.51. The molecule has 1 amide bonds. The summed E-state index contributed by atoms with van der Waals surface area (Å²) in [5.41, 5.74) is 0.0679. The van der Waals surface area contributed by atoms with E-state index in [0.717, 1.165) is 6.42 Å². The molecule has 0 aliphatic carbocycles. The zero-order valence-corrected chi connectivity index (χ0v) is 17.3. The molecule has 1 aliphatic heterocycles. The minimum atomic E-state index is -3.52. The summed E-state index contributed by atoms with van der Waals surface area (Å²) in [4.78, 5) is 13.9. The number of benzene rings is 1. The molecular formula is C18H27ClN2O4S. The fraction of sp³-hybridized carbons (Fsp3) is 0.611. The number of amides is 1. The number of nitrogens with zero attached hydrogens (tertiary/aromatic N) is 2. The van der Waals surface area contributed by atoms with Crippen LogP contribution >= 0.6 is 11.6 Å². The Bertz CT molecular complexity index is 746. The Kier molecular flexibility index (Phi) is 6.58. The predicted molar refractivity (Wildman–Crippen MR) is 103 cm³/mol. The Hall–Kier alpha value is -1.31. The minimum Gasteiger partial charge on any atom is -0.444 e. The molecule has 1 atom stereocenters. The van der Waals surface area contributed by atoms with E-state index in [1.807, 2.05) is 20.8 Å². The summed E-state index contributed by atoms with van der Waals surface area (Å²) in [6.45, 7) is 6.35. The summed E-state index contributed by atoms with van der Waals surface area (Å²) in [6.07, 6.45) is 1.05. The van der Waals surface area contributed by atoms with Crippen LogP contribution in [0.4, 0.5) is 4.79 Å². The van der Waals surface area contributed by atoms with E-state index in [1.165, 1.54) is 4.31 Å². The first-order chi connectivity index (χ1) is 12.0. The lowest BCUT2D eigenvalue weighted by molar-refractivity contribution is 0.0163. The molecule has 0 saturated carbocycles. The molecule has 0 spiro atoms. The van der Waals surface area contributed by atoms with Crippen LogP contribution in [0.15, 0.2) is 24.3 Å². The van der Waals surface area contributed by atoms with Crippen LogP contribution in [0.3, 0.4) is 0 Å². The minimum absolute atomic E-state index is 0.118. The van der Waals surface area contributed by atoms with Gasteiger partial charge in [0.1, 0.15) is 5.60 Å². The van der Waals surface area contributed by atoms with E-state index in [0.29, 0.717) is 30.1 Å². The first-order valence-corrected chi connectivity index (χ1v) is 10.6. The second-order valence-corrected chi connectivity index (χ2v) is 10.1. The second-order valence-electron chi connectivity index (χ2n) is 7.62. The third-order valence-corrected chi connectivity index (χ3v) is 6.35. The number of hydrogen-bond acceptors (Lipinski definition) is 4. The van der Waals surface area contributed by atoms with Gasteiger partial charge in [0.25, 0.3) is 0 Å². The van der Waals surface area contributed by atoms with Crippen molar-refractivity contribution in [3.63, 3.8) is 0 Å². The van der Waals surface area contributed by atoms with Crippen molar-refractivity contribution < 1.29 is 17.9 Å². The molecule has 0 unspecified atom stereocenters. The maximum atomic E-state index is 12.8. The molecule has 146 valence electrons. The third kappa shape index (κ3) is 5.86. The van der Waals surface area contributed by atoms with Gasteiger partial charge >= 0.3 is 6.09 Å². The predicted octanol–water partition coefficient (Wildman–Crippen LogP) is 3.50. The molecule has 1 fully saturated rings. The number of rotatable bonds is 4. The fourth-order valence-electron chi connectivity index (χ4n) is 2.91. The van der Waals surface area contributed by atoms with E-state index in [4.69, 9.17) is 16.3 Å². The number of carbonyl (C=O) groups excluding carboxylic acids is 1. The Morgan fingerprint density at radius 3 is 2.69 bits per heavy atom. The van der Waals surface area contributed by atoms with E-state index in [1.54, 1.807) is 36.2 Å². The highest BCUT2D eigenvalue weighted by atomic mass is 35.5. The number of piperidine rings is 1. The van der Waals surface area contributed by atoms with Gasteiger partial charge in [-0.15, -0.1) is 0 Å². The van der Waals surface area contributed by atoms with Gasteiger partial charge < -0.3 is 9.64 Å². The standard InChI is InChI=1S/C18H27ClN2O4S/c1-18(2,3)25-17(22)21-10-6-9-16(12-21)20(4)26(23,24)13-14-7-5-8-15(19)11-14/h5,7-8,11,16H,6,9-10,12-13H2,1-4H3/t16-/m1/s1. The first-order valence-electron chi connectivity index (χ1n) is 8.66. The van der Waals surface area contributed by atoms with Crippen molar-refractivity contribution in [2.24, 2.45) is 0 Å². The molecule has 6 nitrogen and oxygen atoms in total. The van der Waals surface area contributed by atoms with Crippen molar-refractivity contribution in [2.75, 3.05) is 20.1 Å². The number of likely N-dealkylation sites (tertiary alicyclic amines) is 1. The molecular weight excluding hydrogens is 376 g/mol. The summed E-state index contributed by atoms with van der Waals surface area (Å²) in [5, 5.41) is 0.508. The van der Waals surface area contributed by atoms with Gasteiger partial charge in [0.15, 0.2) is 0 Å². The van der Waals surface area contributed by atoms with Gasteiger partial charge in [0, 0.05) is 31.2 Å². The molecule has 0 radical (unpaired) electrons. The highest BCUT2D eigenvalue weighted by Crippen LogP contribution is 2.22. The zero-order valence-electron chi connectivity index (χ0n) is 15.7. The molecule has 0 N–H and O–H groups in total. The molecule has 1 aliphatic rings. The van der Waals surface area contributed by atoms with Crippen LogP contribution < -0.4 is 0 Å². The van der Waals surface area contributed by atoms with Crippen LogP contribution in [-0.2, 0) is 20.5 Å². The highest BCUT2D eigenvalue weighted by Gasteiger charge is 2.33. The molecule has 2 rings (SSSR count). The topological polar surface area (TPSA) is 66.9 Å². The molecule has 26 heavy (non-hydrogen) atoms. The molecule has 1 saturated heterocycles. The van der Waals surface area contributed by atoms with Crippen LogP contribution in [0.1, 0.15) is 39.2 Å². The summed E-state index contributed by atoms with van der Waals surface area (Å²) >= 11 is 5.94. The van der Waals surface area contributed by atoms with E-state index in [2.05, 4.69) is 0 Å².